The normalized spacial score (nSPS) is 13.1. The van der Waals surface area contributed by atoms with Crippen LogP contribution in [-0.4, -0.2) is 17.5 Å². The van der Waals surface area contributed by atoms with E-state index in [2.05, 4.69) is 12.6 Å². The van der Waals surface area contributed by atoms with Crippen LogP contribution in [0.5, 0.6) is 0 Å². The van der Waals surface area contributed by atoms with Crippen molar-refractivity contribution in [1.82, 2.24) is 0 Å². The Balaban J connectivity index is 3.21. The molecule has 0 fully saturated rings. The molecular weight excluding hydrogens is 168 g/mol. The standard InChI is InChI=1S/C6H12O2S2/c1-3-8-10-4-5(2)6(7)9/h5H,3-4H2,1-2H3,(H,7,9). The second kappa shape index (κ2) is 6.07. The first-order valence-corrected chi connectivity index (χ1v) is 4.51. The molecule has 0 amide bonds. The maximum atomic E-state index is 10.5. The SMILES string of the molecule is CCOSCC(C)C(=O)S. The third-order valence-electron chi connectivity index (χ3n) is 0.941. The summed E-state index contributed by atoms with van der Waals surface area (Å²) in [6.45, 7) is 4.43. The molecule has 0 aromatic carbocycles. The second-order valence-corrected chi connectivity index (χ2v) is 3.18. The Bertz CT molecular complexity index is 106. The predicted octanol–water partition coefficient (Wildman–Crippen LogP) is 1.76. The smallest absolute Gasteiger partial charge is 0.189 e. The zero-order valence-corrected chi connectivity index (χ0v) is 7.87. The van der Waals surface area contributed by atoms with E-state index in [1.54, 1.807) is 0 Å². The first kappa shape index (κ1) is 10.3. The van der Waals surface area contributed by atoms with Gasteiger partial charge in [-0.05, 0) is 19.0 Å². The molecule has 0 bridgehead atoms. The Morgan fingerprint density at radius 3 is 2.80 bits per heavy atom. The first-order chi connectivity index (χ1) is 4.68. The van der Waals surface area contributed by atoms with Gasteiger partial charge in [-0.3, -0.25) is 4.79 Å². The van der Waals surface area contributed by atoms with Gasteiger partial charge in [0.05, 0.1) is 6.61 Å². The van der Waals surface area contributed by atoms with Gasteiger partial charge in [0.15, 0.2) is 5.12 Å². The summed E-state index contributed by atoms with van der Waals surface area (Å²) in [4.78, 5) is 10.5. The zero-order valence-electron chi connectivity index (χ0n) is 6.16. The fraction of sp³-hybridized carbons (Fsp3) is 0.833. The monoisotopic (exact) mass is 180 g/mol. The van der Waals surface area contributed by atoms with Gasteiger partial charge in [-0.1, -0.05) is 6.92 Å². The maximum absolute atomic E-state index is 10.5. The van der Waals surface area contributed by atoms with Gasteiger partial charge in [-0.15, -0.1) is 12.6 Å². The number of rotatable bonds is 5. The minimum atomic E-state index is -0.0767. The highest BCUT2D eigenvalue weighted by atomic mass is 32.2. The third kappa shape index (κ3) is 5.14. The number of thiol groups is 1. The first-order valence-electron chi connectivity index (χ1n) is 3.15. The largest absolute Gasteiger partial charge is 0.316 e. The summed E-state index contributed by atoms with van der Waals surface area (Å²) in [6.07, 6.45) is 0. The fourth-order valence-electron chi connectivity index (χ4n) is 0.305. The van der Waals surface area contributed by atoms with Gasteiger partial charge in [0.2, 0.25) is 0 Å². The van der Waals surface area contributed by atoms with Gasteiger partial charge in [-0.25, -0.2) is 0 Å². The summed E-state index contributed by atoms with van der Waals surface area (Å²) in [6, 6.07) is 0. The summed E-state index contributed by atoms with van der Waals surface area (Å²) in [5.74, 6) is 0.677. The van der Waals surface area contributed by atoms with E-state index in [0.717, 1.165) is 0 Å². The van der Waals surface area contributed by atoms with E-state index in [1.165, 1.54) is 12.0 Å². The number of hydrogen-bond donors (Lipinski definition) is 1. The van der Waals surface area contributed by atoms with E-state index in [1.807, 2.05) is 13.8 Å². The van der Waals surface area contributed by atoms with Crippen molar-refractivity contribution < 1.29 is 8.98 Å². The Kier molecular flexibility index (Phi) is 6.27. The van der Waals surface area contributed by atoms with Crippen molar-refractivity contribution in [2.24, 2.45) is 5.92 Å². The molecule has 0 aliphatic carbocycles. The minimum Gasteiger partial charge on any atom is -0.316 e. The summed E-state index contributed by atoms with van der Waals surface area (Å²) in [5, 5.41) is -0.0767. The summed E-state index contributed by atoms with van der Waals surface area (Å²) >= 11 is 5.01. The summed E-state index contributed by atoms with van der Waals surface area (Å²) < 4.78 is 4.98. The Morgan fingerprint density at radius 1 is 1.80 bits per heavy atom. The van der Waals surface area contributed by atoms with Gasteiger partial charge < -0.3 is 4.18 Å². The van der Waals surface area contributed by atoms with Gasteiger partial charge in [0.25, 0.3) is 0 Å². The zero-order chi connectivity index (χ0) is 7.98. The molecule has 2 nitrogen and oxygen atoms in total. The fourth-order valence-corrected chi connectivity index (χ4v) is 1.14. The number of hydrogen-bond acceptors (Lipinski definition) is 3. The highest BCUT2D eigenvalue weighted by molar-refractivity contribution is 7.97. The molecule has 1 unspecified atom stereocenters. The van der Waals surface area contributed by atoms with Crippen LogP contribution in [0.25, 0.3) is 0 Å². The lowest BCUT2D eigenvalue weighted by molar-refractivity contribution is -0.113. The number of carbonyl (C=O) groups is 1. The van der Waals surface area contributed by atoms with Gasteiger partial charge in [0, 0.05) is 11.7 Å². The van der Waals surface area contributed by atoms with Crippen molar-refractivity contribution in [3.8, 4) is 0 Å². The van der Waals surface area contributed by atoms with Crippen LogP contribution in [0.1, 0.15) is 13.8 Å². The van der Waals surface area contributed by atoms with Crippen molar-refractivity contribution >= 4 is 29.8 Å². The van der Waals surface area contributed by atoms with Crippen molar-refractivity contribution in [3.05, 3.63) is 0 Å². The molecule has 0 saturated carbocycles. The van der Waals surface area contributed by atoms with Crippen LogP contribution < -0.4 is 0 Å². The Morgan fingerprint density at radius 2 is 2.40 bits per heavy atom. The van der Waals surface area contributed by atoms with Crippen LogP contribution in [0.15, 0.2) is 0 Å². The van der Waals surface area contributed by atoms with Crippen LogP contribution in [0.3, 0.4) is 0 Å². The maximum Gasteiger partial charge on any atom is 0.189 e. The lowest BCUT2D eigenvalue weighted by Crippen LogP contribution is -2.06. The quantitative estimate of drug-likeness (QED) is 0.397. The molecule has 0 aliphatic heterocycles. The van der Waals surface area contributed by atoms with Gasteiger partial charge in [0.1, 0.15) is 0 Å². The average molecular weight is 180 g/mol. The molecule has 0 heterocycles. The van der Waals surface area contributed by atoms with Crippen molar-refractivity contribution in [1.29, 1.82) is 0 Å². The van der Waals surface area contributed by atoms with E-state index in [9.17, 15) is 4.79 Å². The highest BCUT2D eigenvalue weighted by Gasteiger charge is 2.07. The van der Waals surface area contributed by atoms with E-state index in [4.69, 9.17) is 4.18 Å². The van der Waals surface area contributed by atoms with Crippen LogP contribution in [-0.2, 0) is 8.98 Å². The lowest BCUT2D eigenvalue weighted by atomic mass is 10.2. The molecule has 60 valence electrons. The van der Waals surface area contributed by atoms with Crippen molar-refractivity contribution in [2.75, 3.05) is 12.4 Å². The van der Waals surface area contributed by atoms with Crippen LogP contribution in [0, 0.1) is 5.92 Å². The molecule has 0 radical (unpaired) electrons. The molecule has 0 saturated heterocycles. The molecule has 0 spiro atoms. The molecule has 1 atom stereocenters. The molecule has 4 heteroatoms. The summed E-state index contributed by atoms with van der Waals surface area (Å²) in [7, 11) is 0. The van der Waals surface area contributed by atoms with Crippen LogP contribution in [0.4, 0.5) is 0 Å². The highest BCUT2D eigenvalue weighted by Crippen LogP contribution is 2.11. The molecule has 0 N–H and O–H groups in total. The van der Waals surface area contributed by atoms with E-state index in [0.29, 0.717) is 12.4 Å². The molecule has 0 aromatic heterocycles. The van der Waals surface area contributed by atoms with Crippen molar-refractivity contribution in [3.63, 3.8) is 0 Å². The van der Waals surface area contributed by atoms with E-state index < -0.39 is 0 Å². The third-order valence-corrected chi connectivity index (χ3v) is 2.42. The lowest BCUT2D eigenvalue weighted by Gasteiger charge is -2.03. The topological polar surface area (TPSA) is 26.3 Å². The van der Waals surface area contributed by atoms with Crippen molar-refractivity contribution in [2.45, 2.75) is 13.8 Å². The van der Waals surface area contributed by atoms with E-state index >= 15 is 0 Å². The molecule has 10 heavy (non-hydrogen) atoms. The molecule has 0 aromatic rings. The van der Waals surface area contributed by atoms with E-state index in [-0.39, 0.29) is 11.0 Å². The Hall–Kier alpha value is 0.330. The average Bonchev–Trinajstić information content (AvgIpc) is 1.88. The summed E-state index contributed by atoms with van der Waals surface area (Å²) in [5.41, 5.74) is 0. The van der Waals surface area contributed by atoms with Gasteiger partial charge >= 0.3 is 0 Å². The molecule has 0 aliphatic rings. The Labute approximate surface area is 71.3 Å². The van der Waals surface area contributed by atoms with Crippen LogP contribution in [0.2, 0.25) is 0 Å². The second-order valence-electron chi connectivity index (χ2n) is 1.93. The number of carbonyl (C=O) groups excluding carboxylic acids is 1. The van der Waals surface area contributed by atoms with Crippen LogP contribution >= 0.6 is 24.7 Å². The predicted molar refractivity (Wildman–Crippen MR) is 47.2 cm³/mol. The molecule has 0 rings (SSSR count). The minimum absolute atomic E-state index is 0.0140. The van der Waals surface area contributed by atoms with Gasteiger partial charge in [-0.2, -0.15) is 0 Å². The molecular formula is C6H12O2S2.